The Bertz CT molecular complexity index is 824. The number of hydrogen-bond acceptors (Lipinski definition) is 6. The van der Waals surface area contributed by atoms with Crippen LogP contribution in [0.5, 0.6) is 0 Å². The summed E-state index contributed by atoms with van der Waals surface area (Å²) in [6, 6.07) is 6.95. The summed E-state index contributed by atoms with van der Waals surface area (Å²) in [7, 11) is 0. The Morgan fingerprint density at radius 2 is 2.04 bits per heavy atom. The molecule has 1 N–H and O–H groups in total. The van der Waals surface area contributed by atoms with E-state index in [1.54, 1.807) is 25.1 Å². The fraction of sp³-hybridized carbons (Fsp3) is 0.200. The highest BCUT2D eigenvalue weighted by molar-refractivity contribution is 7.17. The summed E-state index contributed by atoms with van der Waals surface area (Å²) in [5.41, 5.74) is 0.666. The fourth-order valence-electron chi connectivity index (χ4n) is 1.95. The second-order valence-corrected chi connectivity index (χ2v) is 6.83. The summed E-state index contributed by atoms with van der Waals surface area (Å²) in [5.74, 6) is -1.33. The molecule has 1 aromatic carbocycles. The van der Waals surface area contributed by atoms with E-state index in [0.717, 1.165) is 0 Å². The highest BCUT2D eigenvalue weighted by Gasteiger charge is 2.18. The molecule has 0 fully saturated rings. The third-order valence-corrected chi connectivity index (χ3v) is 4.69. The molecule has 1 atom stereocenters. The molecule has 1 aromatic heterocycles. The first kappa shape index (κ1) is 19.2. The van der Waals surface area contributed by atoms with E-state index in [-0.39, 0.29) is 9.88 Å². The maximum absolute atomic E-state index is 11.9. The SMILES string of the molecule is C[C@@H](NC(=O)COC(=O)c1ccc([N+](=O)[O-])s1)c1ccc(Cl)cc1Cl. The number of amides is 1. The van der Waals surface area contributed by atoms with Gasteiger partial charge in [-0.25, -0.2) is 4.79 Å². The number of esters is 1. The topological polar surface area (TPSA) is 98.5 Å². The average Bonchev–Trinajstić information content (AvgIpc) is 3.02. The van der Waals surface area contributed by atoms with E-state index in [2.05, 4.69) is 5.32 Å². The molecule has 0 spiro atoms. The van der Waals surface area contributed by atoms with Crippen LogP contribution in [0, 0.1) is 10.1 Å². The highest BCUT2D eigenvalue weighted by Crippen LogP contribution is 2.26. The van der Waals surface area contributed by atoms with Crippen molar-refractivity contribution in [1.29, 1.82) is 0 Å². The molecular formula is C15H12Cl2N2O5S. The van der Waals surface area contributed by atoms with Crippen LogP contribution in [-0.4, -0.2) is 23.4 Å². The van der Waals surface area contributed by atoms with Crippen LogP contribution in [0.15, 0.2) is 30.3 Å². The Hall–Kier alpha value is -2.16. The van der Waals surface area contributed by atoms with E-state index in [4.69, 9.17) is 27.9 Å². The van der Waals surface area contributed by atoms with Crippen molar-refractivity contribution in [1.82, 2.24) is 5.32 Å². The van der Waals surface area contributed by atoms with Crippen LogP contribution in [0.4, 0.5) is 5.00 Å². The number of hydrogen-bond donors (Lipinski definition) is 1. The van der Waals surface area contributed by atoms with Gasteiger partial charge in [-0.2, -0.15) is 0 Å². The first-order valence-corrected chi connectivity index (χ1v) is 8.51. The average molecular weight is 403 g/mol. The van der Waals surface area contributed by atoms with Crippen molar-refractivity contribution < 1.29 is 19.2 Å². The monoisotopic (exact) mass is 402 g/mol. The first-order chi connectivity index (χ1) is 11.8. The van der Waals surface area contributed by atoms with Gasteiger partial charge in [0.2, 0.25) is 0 Å². The minimum absolute atomic E-state index is 0.0493. The number of nitrogens with one attached hydrogen (secondary N) is 1. The number of benzene rings is 1. The number of thiophene rings is 1. The lowest BCUT2D eigenvalue weighted by atomic mass is 10.1. The van der Waals surface area contributed by atoms with Gasteiger partial charge in [-0.05, 0) is 30.7 Å². The number of nitro groups is 1. The van der Waals surface area contributed by atoms with E-state index < -0.39 is 29.4 Å². The Kier molecular flexibility index (Phi) is 6.35. The molecule has 7 nitrogen and oxygen atoms in total. The van der Waals surface area contributed by atoms with Gasteiger partial charge >= 0.3 is 11.0 Å². The molecule has 2 rings (SSSR count). The number of nitrogens with zero attached hydrogens (tertiary/aromatic N) is 1. The van der Waals surface area contributed by atoms with Gasteiger partial charge in [-0.1, -0.05) is 40.6 Å². The molecule has 0 saturated heterocycles. The first-order valence-electron chi connectivity index (χ1n) is 6.93. The van der Waals surface area contributed by atoms with E-state index in [9.17, 15) is 19.7 Å². The number of ether oxygens (including phenoxy) is 1. The number of carbonyl (C=O) groups is 2. The minimum Gasteiger partial charge on any atom is -0.451 e. The van der Waals surface area contributed by atoms with Gasteiger partial charge in [0.15, 0.2) is 6.61 Å². The zero-order chi connectivity index (χ0) is 18.6. The smallest absolute Gasteiger partial charge is 0.349 e. The van der Waals surface area contributed by atoms with E-state index in [1.807, 2.05) is 0 Å². The predicted octanol–water partition coefficient (Wildman–Crippen LogP) is 4.00. The summed E-state index contributed by atoms with van der Waals surface area (Å²) < 4.78 is 4.85. The third kappa shape index (κ3) is 5.15. The summed E-state index contributed by atoms with van der Waals surface area (Å²) in [5, 5.41) is 13.9. The normalized spacial score (nSPS) is 11.6. The molecule has 0 aliphatic carbocycles. The maximum Gasteiger partial charge on any atom is 0.349 e. The molecule has 25 heavy (non-hydrogen) atoms. The predicted molar refractivity (Wildman–Crippen MR) is 94.3 cm³/mol. The largest absolute Gasteiger partial charge is 0.451 e. The quantitative estimate of drug-likeness (QED) is 0.447. The zero-order valence-electron chi connectivity index (χ0n) is 12.8. The lowest BCUT2D eigenvalue weighted by molar-refractivity contribution is -0.380. The maximum atomic E-state index is 11.9. The summed E-state index contributed by atoms with van der Waals surface area (Å²) in [6.45, 7) is 1.21. The van der Waals surface area contributed by atoms with E-state index in [0.29, 0.717) is 26.9 Å². The fourth-order valence-corrected chi connectivity index (χ4v) is 3.24. The standard InChI is InChI=1S/C15H12Cl2N2O5S/c1-8(10-3-2-9(16)6-11(10)17)18-13(20)7-24-15(21)12-4-5-14(25-12)19(22)23/h2-6,8H,7H2,1H3,(H,18,20)/t8-/m1/s1. The van der Waals surface area contributed by atoms with Crippen molar-refractivity contribution in [2.45, 2.75) is 13.0 Å². The highest BCUT2D eigenvalue weighted by atomic mass is 35.5. The van der Waals surface area contributed by atoms with Crippen LogP contribution in [-0.2, 0) is 9.53 Å². The van der Waals surface area contributed by atoms with Crippen molar-refractivity contribution >= 4 is 51.4 Å². The van der Waals surface area contributed by atoms with Gasteiger partial charge in [0.25, 0.3) is 5.91 Å². The van der Waals surface area contributed by atoms with Crippen LogP contribution in [0.3, 0.4) is 0 Å². The van der Waals surface area contributed by atoms with Gasteiger partial charge < -0.3 is 10.1 Å². The second-order valence-electron chi connectivity index (χ2n) is 4.93. The Morgan fingerprint density at radius 1 is 1.32 bits per heavy atom. The van der Waals surface area contributed by atoms with Gasteiger partial charge in [0, 0.05) is 16.1 Å². The molecule has 0 radical (unpaired) electrons. The van der Waals surface area contributed by atoms with Crippen LogP contribution < -0.4 is 5.32 Å². The Labute approximate surface area is 156 Å². The van der Waals surface area contributed by atoms with Gasteiger partial charge in [-0.15, -0.1) is 0 Å². The van der Waals surface area contributed by atoms with Crippen LogP contribution in [0.1, 0.15) is 28.2 Å². The summed E-state index contributed by atoms with van der Waals surface area (Å²) in [4.78, 5) is 33.7. The van der Waals surface area contributed by atoms with Crippen molar-refractivity contribution in [2.75, 3.05) is 6.61 Å². The van der Waals surface area contributed by atoms with Gasteiger partial charge in [-0.3, -0.25) is 14.9 Å². The molecule has 0 bridgehead atoms. The Balaban J connectivity index is 1.89. The lowest BCUT2D eigenvalue weighted by Crippen LogP contribution is -2.31. The van der Waals surface area contributed by atoms with Crippen molar-refractivity contribution in [3.05, 3.63) is 60.9 Å². The molecule has 132 valence electrons. The van der Waals surface area contributed by atoms with Crippen LogP contribution in [0.25, 0.3) is 0 Å². The molecule has 0 aliphatic heterocycles. The second kappa shape index (κ2) is 8.28. The molecule has 1 amide bonds. The Morgan fingerprint density at radius 3 is 2.64 bits per heavy atom. The van der Waals surface area contributed by atoms with Crippen molar-refractivity contribution in [3.8, 4) is 0 Å². The van der Waals surface area contributed by atoms with Gasteiger partial charge in [0.05, 0.1) is 11.0 Å². The molecular weight excluding hydrogens is 391 g/mol. The molecule has 0 aliphatic rings. The van der Waals surface area contributed by atoms with Crippen molar-refractivity contribution in [2.24, 2.45) is 0 Å². The summed E-state index contributed by atoms with van der Waals surface area (Å²) >= 11 is 12.6. The van der Waals surface area contributed by atoms with Crippen LogP contribution >= 0.6 is 34.5 Å². The van der Waals surface area contributed by atoms with E-state index in [1.165, 1.54) is 12.1 Å². The summed E-state index contributed by atoms with van der Waals surface area (Å²) in [6.07, 6.45) is 0. The van der Waals surface area contributed by atoms with Crippen molar-refractivity contribution in [3.63, 3.8) is 0 Å². The third-order valence-electron chi connectivity index (χ3n) is 3.11. The molecule has 0 unspecified atom stereocenters. The molecule has 0 saturated carbocycles. The lowest BCUT2D eigenvalue weighted by Gasteiger charge is -2.16. The molecule has 1 heterocycles. The molecule has 10 heteroatoms. The number of carbonyl (C=O) groups excluding carboxylic acids is 2. The minimum atomic E-state index is -0.801. The van der Waals surface area contributed by atoms with E-state index >= 15 is 0 Å². The zero-order valence-corrected chi connectivity index (χ0v) is 15.2. The number of rotatable bonds is 6. The number of halogens is 2. The van der Waals surface area contributed by atoms with Gasteiger partial charge in [0.1, 0.15) is 4.88 Å². The molecule has 2 aromatic rings. The van der Waals surface area contributed by atoms with Crippen LogP contribution in [0.2, 0.25) is 10.0 Å².